The summed E-state index contributed by atoms with van der Waals surface area (Å²) >= 11 is 0. The number of nitrogens with zero attached hydrogens (tertiary/aromatic N) is 2. The fourth-order valence-corrected chi connectivity index (χ4v) is 4.73. The van der Waals surface area contributed by atoms with E-state index in [1.54, 1.807) is 33.7 Å². The van der Waals surface area contributed by atoms with E-state index in [-0.39, 0.29) is 5.91 Å². The van der Waals surface area contributed by atoms with Crippen LogP contribution in [0.25, 0.3) is 11.1 Å². The number of carbonyl (C=O) groups excluding carboxylic acids is 1. The molecule has 1 unspecified atom stereocenters. The minimum absolute atomic E-state index is 0.103. The maximum Gasteiger partial charge on any atom is 0.227 e. The molecule has 0 saturated carbocycles. The van der Waals surface area contributed by atoms with Gasteiger partial charge in [-0.2, -0.15) is 0 Å². The number of hydrogen-bond acceptors (Lipinski definition) is 5. The van der Waals surface area contributed by atoms with Gasteiger partial charge in [0.15, 0.2) is 0 Å². The maximum atomic E-state index is 13.0. The zero-order valence-corrected chi connectivity index (χ0v) is 19.5. The average molecular weight is 446 g/mol. The molecule has 1 aromatic heterocycles. The normalized spacial score (nSPS) is 18.2. The highest BCUT2D eigenvalue weighted by molar-refractivity contribution is 5.83. The molecule has 6 heteroatoms. The molecule has 3 aromatic rings. The van der Waals surface area contributed by atoms with Crippen molar-refractivity contribution < 1.29 is 14.3 Å². The van der Waals surface area contributed by atoms with Gasteiger partial charge in [-0.1, -0.05) is 24.3 Å². The van der Waals surface area contributed by atoms with Crippen LogP contribution in [-0.2, 0) is 17.8 Å². The van der Waals surface area contributed by atoms with Crippen molar-refractivity contribution in [2.45, 2.75) is 19.4 Å². The predicted octanol–water partition coefficient (Wildman–Crippen LogP) is 3.95. The van der Waals surface area contributed by atoms with E-state index in [2.05, 4.69) is 39.5 Å². The molecule has 0 aliphatic carbocycles. The Balaban J connectivity index is 1.50. The van der Waals surface area contributed by atoms with E-state index in [1.165, 1.54) is 5.56 Å². The molecule has 4 rings (SSSR count). The highest BCUT2D eigenvalue weighted by Crippen LogP contribution is 2.36. The average Bonchev–Trinajstić information content (AvgIpc) is 3.27. The summed E-state index contributed by atoms with van der Waals surface area (Å²) in [5.74, 6) is 1.65. The van der Waals surface area contributed by atoms with Crippen molar-refractivity contribution in [3.8, 4) is 22.6 Å². The van der Waals surface area contributed by atoms with E-state index >= 15 is 0 Å². The first-order valence-electron chi connectivity index (χ1n) is 11.2. The molecule has 6 nitrogen and oxygen atoms in total. The van der Waals surface area contributed by atoms with E-state index in [9.17, 15) is 4.79 Å². The third kappa shape index (κ3) is 5.17. The van der Waals surface area contributed by atoms with E-state index < -0.39 is 5.41 Å². The Morgan fingerprint density at radius 1 is 0.970 bits per heavy atom. The topological polar surface area (TPSA) is 63.7 Å². The number of methoxy groups -OCH3 is 2. The van der Waals surface area contributed by atoms with Crippen molar-refractivity contribution in [2.75, 3.05) is 34.4 Å². The van der Waals surface area contributed by atoms with Gasteiger partial charge in [0, 0.05) is 38.6 Å². The molecule has 1 aliphatic rings. The zero-order valence-electron chi connectivity index (χ0n) is 19.5. The van der Waals surface area contributed by atoms with Crippen molar-refractivity contribution in [2.24, 2.45) is 5.41 Å². The van der Waals surface area contributed by atoms with Crippen molar-refractivity contribution in [3.63, 3.8) is 0 Å². The maximum absolute atomic E-state index is 13.0. The first kappa shape index (κ1) is 22.8. The minimum Gasteiger partial charge on any atom is -0.497 e. The summed E-state index contributed by atoms with van der Waals surface area (Å²) in [6, 6.07) is 18.5. The molecule has 1 fully saturated rings. The number of carbonyl (C=O) groups is 1. The van der Waals surface area contributed by atoms with Crippen LogP contribution in [0, 0.1) is 5.41 Å². The number of hydrogen-bond donors (Lipinski definition) is 1. The number of likely N-dealkylation sites (tertiary alicyclic amines) is 1. The van der Waals surface area contributed by atoms with Gasteiger partial charge in [0.05, 0.1) is 19.6 Å². The molecule has 2 aromatic carbocycles. The quantitative estimate of drug-likeness (QED) is 0.569. The largest absolute Gasteiger partial charge is 0.497 e. The molecule has 1 atom stereocenters. The van der Waals surface area contributed by atoms with Crippen LogP contribution >= 0.6 is 0 Å². The molecular weight excluding hydrogens is 414 g/mol. The van der Waals surface area contributed by atoms with Gasteiger partial charge in [-0.15, -0.1) is 0 Å². The van der Waals surface area contributed by atoms with Crippen molar-refractivity contribution in [3.05, 3.63) is 78.1 Å². The zero-order chi connectivity index (χ0) is 23.3. The van der Waals surface area contributed by atoms with Crippen LogP contribution in [0.4, 0.5) is 0 Å². The summed E-state index contributed by atoms with van der Waals surface area (Å²) in [4.78, 5) is 19.5. The molecule has 0 radical (unpaired) electrons. The lowest BCUT2D eigenvalue weighted by atomic mass is 9.79. The first-order valence-corrected chi connectivity index (χ1v) is 11.2. The Hall–Kier alpha value is -3.38. The molecule has 1 saturated heterocycles. The van der Waals surface area contributed by atoms with Gasteiger partial charge in [-0.05, 0) is 65.9 Å². The Morgan fingerprint density at radius 3 is 2.21 bits per heavy atom. The summed E-state index contributed by atoms with van der Waals surface area (Å²) in [6.45, 7) is 2.31. The standard InChI is InChI=1S/C27H31N3O3/c1-28-26(31)27(17-20-4-6-22(7-5-20)23-8-11-29-12-9-23)10-13-30(19-27)18-21-14-24(32-2)16-25(15-21)33-3/h4-9,11-12,14-16H,10,13,17-19H2,1-3H3,(H,28,31). The molecule has 1 N–H and O–H groups in total. The van der Waals surface area contributed by atoms with Crippen molar-refractivity contribution in [1.82, 2.24) is 15.2 Å². The molecule has 1 amide bonds. The lowest BCUT2D eigenvalue weighted by Crippen LogP contribution is -2.43. The lowest BCUT2D eigenvalue weighted by Gasteiger charge is -2.28. The van der Waals surface area contributed by atoms with Crippen LogP contribution in [0.5, 0.6) is 11.5 Å². The Kier molecular flexibility index (Phi) is 6.94. The SMILES string of the molecule is CNC(=O)C1(Cc2ccc(-c3ccncc3)cc2)CCN(Cc2cc(OC)cc(OC)c2)C1. The van der Waals surface area contributed by atoms with E-state index in [0.29, 0.717) is 13.0 Å². The molecule has 1 aliphatic heterocycles. The number of amides is 1. The number of pyridine rings is 1. The van der Waals surface area contributed by atoms with Gasteiger partial charge < -0.3 is 14.8 Å². The number of rotatable bonds is 8. The fraction of sp³-hybridized carbons (Fsp3) is 0.333. The second kappa shape index (κ2) is 10.0. The number of benzene rings is 2. The lowest BCUT2D eigenvalue weighted by molar-refractivity contribution is -0.130. The van der Waals surface area contributed by atoms with Gasteiger partial charge in [0.25, 0.3) is 0 Å². The highest BCUT2D eigenvalue weighted by atomic mass is 16.5. The molecule has 172 valence electrons. The molecule has 2 heterocycles. The van der Waals surface area contributed by atoms with Crippen LogP contribution in [-0.4, -0.2) is 50.1 Å². The highest BCUT2D eigenvalue weighted by Gasteiger charge is 2.44. The summed E-state index contributed by atoms with van der Waals surface area (Å²) < 4.78 is 10.8. The summed E-state index contributed by atoms with van der Waals surface area (Å²) in [7, 11) is 5.04. The minimum atomic E-state index is -0.449. The summed E-state index contributed by atoms with van der Waals surface area (Å²) in [5, 5.41) is 2.91. The van der Waals surface area contributed by atoms with Gasteiger partial charge in [-0.3, -0.25) is 14.7 Å². The van der Waals surface area contributed by atoms with E-state index in [1.807, 2.05) is 30.3 Å². The fourth-order valence-electron chi connectivity index (χ4n) is 4.73. The van der Waals surface area contributed by atoms with Gasteiger partial charge in [0.1, 0.15) is 11.5 Å². The number of nitrogens with one attached hydrogen (secondary N) is 1. The molecular formula is C27H31N3O3. The second-order valence-electron chi connectivity index (χ2n) is 8.65. The molecule has 33 heavy (non-hydrogen) atoms. The Labute approximate surface area is 195 Å². The second-order valence-corrected chi connectivity index (χ2v) is 8.65. The van der Waals surface area contributed by atoms with Crippen LogP contribution in [0.3, 0.4) is 0 Å². The number of ether oxygens (including phenoxy) is 2. The molecule has 0 bridgehead atoms. The Bertz CT molecular complexity index is 1060. The van der Waals surface area contributed by atoms with Gasteiger partial charge in [-0.25, -0.2) is 0 Å². The van der Waals surface area contributed by atoms with Gasteiger partial charge >= 0.3 is 0 Å². The molecule has 0 spiro atoms. The summed E-state index contributed by atoms with van der Waals surface area (Å²) in [5.41, 5.74) is 4.12. The summed E-state index contributed by atoms with van der Waals surface area (Å²) in [6.07, 6.45) is 5.13. The van der Waals surface area contributed by atoms with Crippen molar-refractivity contribution in [1.29, 1.82) is 0 Å². The van der Waals surface area contributed by atoms with Crippen LogP contribution < -0.4 is 14.8 Å². The van der Waals surface area contributed by atoms with Crippen LogP contribution in [0.15, 0.2) is 67.0 Å². The van der Waals surface area contributed by atoms with E-state index in [0.717, 1.165) is 47.7 Å². The smallest absolute Gasteiger partial charge is 0.227 e. The predicted molar refractivity (Wildman–Crippen MR) is 129 cm³/mol. The van der Waals surface area contributed by atoms with Gasteiger partial charge in [0.2, 0.25) is 5.91 Å². The Morgan fingerprint density at radius 2 is 1.61 bits per heavy atom. The third-order valence-electron chi connectivity index (χ3n) is 6.47. The number of aromatic nitrogens is 1. The van der Waals surface area contributed by atoms with Crippen LogP contribution in [0.1, 0.15) is 17.5 Å². The van der Waals surface area contributed by atoms with Crippen molar-refractivity contribution >= 4 is 5.91 Å². The first-order chi connectivity index (χ1) is 16.0. The monoisotopic (exact) mass is 445 g/mol. The van der Waals surface area contributed by atoms with Crippen LogP contribution in [0.2, 0.25) is 0 Å². The van der Waals surface area contributed by atoms with E-state index in [4.69, 9.17) is 9.47 Å². The third-order valence-corrected chi connectivity index (χ3v) is 6.47.